The highest BCUT2D eigenvalue weighted by Gasteiger charge is 2.14. The molecule has 9 nitrogen and oxygen atoms in total. The molecule has 0 aliphatic carbocycles. The van der Waals surface area contributed by atoms with E-state index in [0.717, 1.165) is 54.2 Å². The summed E-state index contributed by atoms with van der Waals surface area (Å²) in [6.07, 6.45) is 5.12. The van der Waals surface area contributed by atoms with Crippen molar-refractivity contribution in [3.05, 3.63) is 71.4 Å². The van der Waals surface area contributed by atoms with Crippen LogP contribution in [0.25, 0.3) is 33.3 Å². The predicted octanol–water partition coefficient (Wildman–Crippen LogP) is 3.44. The summed E-state index contributed by atoms with van der Waals surface area (Å²) in [5.74, 6) is 0.472. The van der Waals surface area contributed by atoms with Crippen molar-refractivity contribution in [1.29, 1.82) is 0 Å². The molecule has 0 amide bonds. The lowest BCUT2D eigenvalue weighted by Gasteiger charge is -2.28. The third-order valence-electron chi connectivity index (χ3n) is 5.78. The number of aromatic amines is 2. The van der Waals surface area contributed by atoms with E-state index in [2.05, 4.69) is 42.3 Å². The minimum absolute atomic E-state index is 0.203. The van der Waals surface area contributed by atoms with E-state index in [1.165, 1.54) is 0 Å². The molecule has 1 aromatic carbocycles. The molecule has 5 heterocycles. The van der Waals surface area contributed by atoms with E-state index in [4.69, 9.17) is 9.72 Å². The zero-order valence-corrected chi connectivity index (χ0v) is 17.7. The van der Waals surface area contributed by atoms with Crippen molar-refractivity contribution >= 4 is 39.1 Å². The molecule has 9 heteroatoms. The van der Waals surface area contributed by atoms with Gasteiger partial charge in [0.2, 0.25) is 0 Å². The molecule has 0 unspecified atom stereocenters. The van der Waals surface area contributed by atoms with Crippen LogP contribution in [0.4, 0.5) is 17.2 Å². The molecular weight excluding hydrogens is 418 g/mol. The van der Waals surface area contributed by atoms with E-state index < -0.39 is 0 Å². The maximum Gasteiger partial charge on any atom is 0.259 e. The molecule has 5 aromatic rings. The Morgan fingerprint density at radius 3 is 2.61 bits per heavy atom. The van der Waals surface area contributed by atoms with Gasteiger partial charge in [0.15, 0.2) is 5.65 Å². The lowest BCUT2D eigenvalue weighted by Crippen LogP contribution is -2.36. The predicted molar refractivity (Wildman–Crippen MR) is 128 cm³/mol. The summed E-state index contributed by atoms with van der Waals surface area (Å²) in [4.78, 5) is 34.6. The summed E-state index contributed by atoms with van der Waals surface area (Å²) >= 11 is 0. The van der Waals surface area contributed by atoms with E-state index in [9.17, 15) is 4.79 Å². The summed E-state index contributed by atoms with van der Waals surface area (Å²) in [7, 11) is 0. The van der Waals surface area contributed by atoms with Crippen LogP contribution in [0.2, 0.25) is 0 Å². The molecule has 0 bridgehead atoms. The summed E-state index contributed by atoms with van der Waals surface area (Å²) < 4.78 is 5.44. The van der Waals surface area contributed by atoms with Crippen LogP contribution in [0.3, 0.4) is 0 Å². The number of nitrogens with zero attached hydrogens (tertiary/aromatic N) is 4. The number of nitrogens with one attached hydrogen (secondary N) is 3. The molecule has 1 saturated heterocycles. The average Bonchev–Trinajstić information content (AvgIpc) is 3.33. The van der Waals surface area contributed by atoms with Gasteiger partial charge in [0, 0.05) is 36.9 Å². The van der Waals surface area contributed by atoms with E-state index in [1.54, 1.807) is 18.6 Å². The first-order chi connectivity index (χ1) is 16.2. The second-order valence-corrected chi connectivity index (χ2v) is 7.87. The van der Waals surface area contributed by atoms with Crippen molar-refractivity contribution in [2.45, 2.75) is 0 Å². The highest BCUT2D eigenvalue weighted by atomic mass is 16.5. The summed E-state index contributed by atoms with van der Waals surface area (Å²) in [6, 6.07) is 13.7. The standard InChI is InChI=1S/C24H21N7O2/c32-24-21-15(5-7-26-24)13-19(20-14-27-22-18(29-20)6-8-25-22)30-23(21)28-16-1-3-17(4-2-16)31-9-11-33-12-10-31/h1-8,13-14H,9-12H2,(H,25,27)(H,26,32)(H,28,30). The van der Waals surface area contributed by atoms with Gasteiger partial charge < -0.3 is 24.9 Å². The van der Waals surface area contributed by atoms with E-state index in [0.29, 0.717) is 22.6 Å². The van der Waals surface area contributed by atoms with Crippen molar-refractivity contribution in [3.8, 4) is 11.4 Å². The third kappa shape index (κ3) is 3.68. The monoisotopic (exact) mass is 439 g/mol. The Balaban J connectivity index is 1.39. The van der Waals surface area contributed by atoms with Gasteiger partial charge in [-0.05, 0) is 47.9 Å². The maximum atomic E-state index is 12.7. The Morgan fingerprint density at radius 2 is 1.76 bits per heavy atom. The molecule has 0 atom stereocenters. The fourth-order valence-electron chi connectivity index (χ4n) is 4.10. The lowest BCUT2D eigenvalue weighted by atomic mass is 10.1. The van der Waals surface area contributed by atoms with Crippen LogP contribution in [0, 0.1) is 0 Å². The van der Waals surface area contributed by atoms with Gasteiger partial charge in [-0.3, -0.25) is 4.79 Å². The molecule has 1 fully saturated rings. The van der Waals surface area contributed by atoms with Crippen LogP contribution < -0.4 is 15.8 Å². The zero-order valence-electron chi connectivity index (χ0n) is 17.7. The minimum atomic E-state index is -0.203. The van der Waals surface area contributed by atoms with Gasteiger partial charge in [-0.1, -0.05) is 0 Å². The van der Waals surface area contributed by atoms with Crippen molar-refractivity contribution in [2.24, 2.45) is 0 Å². The number of aromatic nitrogens is 5. The van der Waals surface area contributed by atoms with Gasteiger partial charge in [-0.15, -0.1) is 0 Å². The normalized spacial score (nSPS) is 14.1. The first-order valence-corrected chi connectivity index (χ1v) is 10.8. The molecule has 3 N–H and O–H groups in total. The number of benzene rings is 1. The van der Waals surface area contributed by atoms with Crippen LogP contribution in [-0.2, 0) is 4.74 Å². The van der Waals surface area contributed by atoms with E-state index >= 15 is 0 Å². The molecule has 164 valence electrons. The van der Waals surface area contributed by atoms with Gasteiger partial charge in [0.25, 0.3) is 5.56 Å². The van der Waals surface area contributed by atoms with Crippen LogP contribution in [0.5, 0.6) is 0 Å². The Hall–Kier alpha value is -4.24. The fraction of sp³-hybridized carbons (Fsp3) is 0.167. The topological polar surface area (TPSA) is 112 Å². The smallest absolute Gasteiger partial charge is 0.259 e. The van der Waals surface area contributed by atoms with Crippen molar-refractivity contribution in [2.75, 3.05) is 36.5 Å². The van der Waals surface area contributed by atoms with Crippen molar-refractivity contribution in [3.63, 3.8) is 0 Å². The Bertz CT molecular complexity index is 1500. The van der Waals surface area contributed by atoms with Crippen LogP contribution in [-0.4, -0.2) is 51.2 Å². The van der Waals surface area contributed by atoms with Gasteiger partial charge >= 0.3 is 0 Å². The lowest BCUT2D eigenvalue weighted by molar-refractivity contribution is 0.122. The second-order valence-electron chi connectivity index (χ2n) is 7.87. The number of hydrogen-bond donors (Lipinski definition) is 3. The van der Waals surface area contributed by atoms with Crippen molar-refractivity contribution in [1.82, 2.24) is 24.9 Å². The first kappa shape index (κ1) is 19.4. The quantitative estimate of drug-likeness (QED) is 0.393. The fourth-order valence-corrected chi connectivity index (χ4v) is 4.10. The SMILES string of the molecule is O=c1[nH]ccc2cc(-c3cnc4[nH]ccc4n3)nc(Nc3ccc(N4CCOCC4)cc3)c12. The van der Waals surface area contributed by atoms with Gasteiger partial charge in [-0.2, -0.15) is 0 Å². The molecule has 0 radical (unpaired) electrons. The van der Waals surface area contributed by atoms with Crippen LogP contribution in [0.15, 0.2) is 65.8 Å². The Labute approximate surface area is 188 Å². The number of H-pyrrole nitrogens is 2. The molecule has 4 aromatic heterocycles. The molecule has 6 rings (SSSR count). The van der Waals surface area contributed by atoms with Crippen LogP contribution in [0.1, 0.15) is 0 Å². The molecule has 33 heavy (non-hydrogen) atoms. The number of anilines is 3. The summed E-state index contributed by atoms with van der Waals surface area (Å²) in [6.45, 7) is 3.23. The third-order valence-corrected chi connectivity index (χ3v) is 5.78. The van der Waals surface area contributed by atoms with Gasteiger partial charge in [-0.25, -0.2) is 15.0 Å². The number of ether oxygens (including phenoxy) is 1. The summed E-state index contributed by atoms with van der Waals surface area (Å²) in [5, 5.41) is 4.60. The van der Waals surface area contributed by atoms with Gasteiger partial charge in [0.05, 0.1) is 30.5 Å². The number of fused-ring (bicyclic) bond motifs is 2. The largest absolute Gasteiger partial charge is 0.378 e. The molecule has 1 aliphatic rings. The average molecular weight is 439 g/mol. The van der Waals surface area contributed by atoms with E-state index in [-0.39, 0.29) is 5.56 Å². The first-order valence-electron chi connectivity index (χ1n) is 10.8. The second kappa shape index (κ2) is 8.03. The Morgan fingerprint density at radius 1 is 0.939 bits per heavy atom. The van der Waals surface area contributed by atoms with Crippen molar-refractivity contribution < 1.29 is 4.74 Å². The number of pyridine rings is 2. The number of rotatable bonds is 4. The minimum Gasteiger partial charge on any atom is -0.378 e. The van der Waals surface area contributed by atoms with Crippen LogP contribution >= 0.6 is 0 Å². The van der Waals surface area contributed by atoms with Gasteiger partial charge in [0.1, 0.15) is 17.0 Å². The highest BCUT2D eigenvalue weighted by Crippen LogP contribution is 2.28. The maximum absolute atomic E-state index is 12.7. The number of hydrogen-bond acceptors (Lipinski definition) is 7. The highest BCUT2D eigenvalue weighted by molar-refractivity contribution is 5.95. The van der Waals surface area contributed by atoms with E-state index in [1.807, 2.05) is 30.3 Å². The Kier molecular flexibility index (Phi) is 4.73. The molecule has 1 aliphatic heterocycles. The molecule has 0 spiro atoms. The molecular formula is C24H21N7O2. The number of morpholine rings is 1. The molecule has 0 saturated carbocycles. The zero-order chi connectivity index (χ0) is 22.2. The summed E-state index contributed by atoms with van der Waals surface area (Å²) in [5.41, 5.74) is 4.53.